The molecule has 0 aliphatic rings. The fourth-order valence-electron chi connectivity index (χ4n) is 1.32. The van der Waals surface area contributed by atoms with Crippen molar-refractivity contribution < 1.29 is 9.63 Å². The highest BCUT2D eigenvalue weighted by Gasteiger charge is 2.12. The molecule has 0 atom stereocenters. The second kappa shape index (κ2) is 6.21. The third kappa shape index (κ3) is 3.47. The Bertz CT molecular complexity index is 661. The summed E-state index contributed by atoms with van der Waals surface area (Å²) >= 11 is 17.9. The summed E-state index contributed by atoms with van der Waals surface area (Å²) in [7, 11) is 0. The van der Waals surface area contributed by atoms with Gasteiger partial charge in [0.15, 0.2) is 0 Å². The maximum atomic E-state index is 10.6. The fourth-order valence-corrected chi connectivity index (χ4v) is 2.29. The van der Waals surface area contributed by atoms with Crippen molar-refractivity contribution in [2.45, 2.75) is 6.92 Å². The SMILES string of the molecule is CC(=O)O/N=C/c1cnn(-c2c(Cl)cc(Cl)cc2Cl)n1. The van der Waals surface area contributed by atoms with E-state index in [0.29, 0.717) is 26.4 Å². The van der Waals surface area contributed by atoms with Crippen LogP contribution in [-0.2, 0) is 9.63 Å². The van der Waals surface area contributed by atoms with Gasteiger partial charge in [-0.05, 0) is 12.1 Å². The number of benzene rings is 1. The lowest BCUT2D eigenvalue weighted by atomic mass is 10.3. The van der Waals surface area contributed by atoms with Crippen LogP contribution in [0.2, 0.25) is 15.1 Å². The minimum absolute atomic E-state index is 0.307. The molecular weight excluding hydrogens is 327 g/mol. The summed E-state index contributed by atoms with van der Waals surface area (Å²) in [5, 5.41) is 12.5. The minimum atomic E-state index is -0.530. The van der Waals surface area contributed by atoms with Crippen LogP contribution < -0.4 is 0 Å². The molecule has 1 heterocycles. The summed E-state index contributed by atoms with van der Waals surface area (Å²) in [6.07, 6.45) is 2.65. The molecule has 1 aromatic carbocycles. The van der Waals surface area contributed by atoms with Gasteiger partial charge in [-0.1, -0.05) is 40.0 Å². The first-order valence-corrected chi connectivity index (χ1v) is 6.39. The number of nitrogens with zero attached hydrogens (tertiary/aromatic N) is 4. The molecular formula is C11H7Cl3N4O2. The van der Waals surface area contributed by atoms with Crippen molar-refractivity contribution in [3.05, 3.63) is 39.1 Å². The van der Waals surface area contributed by atoms with Gasteiger partial charge in [-0.3, -0.25) is 0 Å². The van der Waals surface area contributed by atoms with Gasteiger partial charge in [-0.25, -0.2) is 4.79 Å². The summed E-state index contributed by atoms with van der Waals surface area (Å²) < 4.78 is 0. The van der Waals surface area contributed by atoms with Crippen molar-refractivity contribution in [3.8, 4) is 5.69 Å². The van der Waals surface area contributed by atoms with Crippen LogP contribution in [0.25, 0.3) is 5.69 Å². The second-order valence-electron chi connectivity index (χ2n) is 3.59. The van der Waals surface area contributed by atoms with Crippen LogP contribution in [0.3, 0.4) is 0 Å². The third-order valence-corrected chi connectivity index (χ3v) is 2.85. The van der Waals surface area contributed by atoms with Gasteiger partial charge in [0, 0.05) is 11.9 Å². The Morgan fingerprint density at radius 1 is 1.35 bits per heavy atom. The van der Waals surface area contributed by atoms with Crippen LogP contribution in [0.4, 0.5) is 0 Å². The van der Waals surface area contributed by atoms with Crippen LogP contribution in [0.1, 0.15) is 12.6 Å². The maximum Gasteiger partial charge on any atom is 0.331 e. The molecule has 2 rings (SSSR count). The molecule has 0 aliphatic heterocycles. The maximum absolute atomic E-state index is 10.6. The Morgan fingerprint density at radius 2 is 2.00 bits per heavy atom. The van der Waals surface area contributed by atoms with Crippen LogP contribution in [0, 0.1) is 0 Å². The molecule has 0 saturated carbocycles. The molecule has 0 N–H and O–H groups in total. The Hall–Kier alpha value is -1.63. The fraction of sp³-hybridized carbons (Fsp3) is 0.0909. The van der Waals surface area contributed by atoms with E-state index in [-0.39, 0.29) is 0 Å². The van der Waals surface area contributed by atoms with Gasteiger partial charge in [0.25, 0.3) is 0 Å². The molecule has 0 amide bonds. The van der Waals surface area contributed by atoms with Gasteiger partial charge in [0.05, 0.1) is 22.5 Å². The molecule has 104 valence electrons. The van der Waals surface area contributed by atoms with Crippen LogP contribution >= 0.6 is 34.8 Å². The smallest absolute Gasteiger partial charge is 0.319 e. The van der Waals surface area contributed by atoms with E-state index in [1.165, 1.54) is 36.3 Å². The average molecular weight is 334 g/mol. The monoisotopic (exact) mass is 332 g/mol. The Labute approximate surface area is 128 Å². The van der Waals surface area contributed by atoms with Crippen LogP contribution in [0.15, 0.2) is 23.5 Å². The molecule has 0 fully saturated rings. The van der Waals surface area contributed by atoms with Crippen molar-refractivity contribution in [1.82, 2.24) is 15.0 Å². The molecule has 0 radical (unpaired) electrons. The van der Waals surface area contributed by atoms with Crippen LogP contribution in [0.5, 0.6) is 0 Å². The Balaban J connectivity index is 2.29. The van der Waals surface area contributed by atoms with Crippen molar-refractivity contribution >= 4 is 47.0 Å². The highest BCUT2D eigenvalue weighted by atomic mass is 35.5. The summed E-state index contributed by atoms with van der Waals surface area (Å²) in [5.41, 5.74) is 0.762. The number of oxime groups is 1. The first kappa shape index (κ1) is 14.8. The largest absolute Gasteiger partial charge is 0.331 e. The van der Waals surface area contributed by atoms with E-state index in [0.717, 1.165) is 0 Å². The van der Waals surface area contributed by atoms with Crippen LogP contribution in [-0.4, -0.2) is 27.2 Å². The zero-order valence-electron chi connectivity index (χ0n) is 10.0. The molecule has 1 aromatic heterocycles. The number of hydrogen-bond donors (Lipinski definition) is 0. The molecule has 0 bridgehead atoms. The molecule has 0 aliphatic carbocycles. The molecule has 0 spiro atoms. The number of halogens is 3. The second-order valence-corrected chi connectivity index (χ2v) is 4.85. The number of hydrogen-bond acceptors (Lipinski definition) is 5. The molecule has 9 heteroatoms. The number of rotatable bonds is 3. The lowest BCUT2D eigenvalue weighted by molar-refractivity contribution is -0.140. The number of aromatic nitrogens is 3. The average Bonchev–Trinajstić information content (AvgIpc) is 2.75. The van der Waals surface area contributed by atoms with Gasteiger partial charge >= 0.3 is 5.97 Å². The lowest BCUT2D eigenvalue weighted by Gasteiger charge is -2.05. The van der Waals surface area contributed by atoms with E-state index >= 15 is 0 Å². The van der Waals surface area contributed by atoms with E-state index in [9.17, 15) is 4.79 Å². The number of carbonyl (C=O) groups excluding carboxylic acids is 1. The van der Waals surface area contributed by atoms with Gasteiger partial charge in [-0.2, -0.15) is 5.10 Å². The topological polar surface area (TPSA) is 69.4 Å². The van der Waals surface area contributed by atoms with Gasteiger partial charge in [-0.15, -0.1) is 9.90 Å². The zero-order chi connectivity index (χ0) is 14.7. The van der Waals surface area contributed by atoms with E-state index in [2.05, 4.69) is 20.2 Å². The molecule has 2 aromatic rings. The van der Waals surface area contributed by atoms with E-state index in [1.807, 2.05) is 0 Å². The highest BCUT2D eigenvalue weighted by Crippen LogP contribution is 2.31. The summed E-state index contributed by atoms with van der Waals surface area (Å²) in [6, 6.07) is 3.06. The summed E-state index contributed by atoms with van der Waals surface area (Å²) in [4.78, 5) is 16.2. The molecule has 6 nitrogen and oxygen atoms in total. The Kier molecular flexibility index (Phi) is 4.59. The minimum Gasteiger partial charge on any atom is -0.319 e. The summed E-state index contributed by atoms with van der Waals surface area (Å²) in [5.74, 6) is -0.530. The van der Waals surface area contributed by atoms with Gasteiger partial charge in [0.2, 0.25) is 0 Å². The third-order valence-electron chi connectivity index (χ3n) is 2.06. The van der Waals surface area contributed by atoms with E-state index < -0.39 is 5.97 Å². The van der Waals surface area contributed by atoms with E-state index in [4.69, 9.17) is 34.8 Å². The first-order chi connectivity index (χ1) is 9.47. The van der Waals surface area contributed by atoms with Gasteiger partial charge < -0.3 is 4.84 Å². The van der Waals surface area contributed by atoms with E-state index in [1.54, 1.807) is 0 Å². The first-order valence-electron chi connectivity index (χ1n) is 5.25. The van der Waals surface area contributed by atoms with Gasteiger partial charge in [0.1, 0.15) is 11.4 Å². The highest BCUT2D eigenvalue weighted by molar-refractivity contribution is 6.40. The molecule has 20 heavy (non-hydrogen) atoms. The van der Waals surface area contributed by atoms with Crippen molar-refractivity contribution in [2.75, 3.05) is 0 Å². The van der Waals surface area contributed by atoms with Crippen molar-refractivity contribution in [3.63, 3.8) is 0 Å². The summed E-state index contributed by atoms with van der Waals surface area (Å²) in [6.45, 7) is 1.24. The molecule has 0 saturated heterocycles. The predicted octanol–water partition coefficient (Wildman–Crippen LogP) is 3.12. The zero-order valence-corrected chi connectivity index (χ0v) is 12.3. The molecule has 0 unspecified atom stereocenters. The predicted molar refractivity (Wildman–Crippen MR) is 75.7 cm³/mol. The Morgan fingerprint density at radius 3 is 2.60 bits per heavy atom. The van der Waals surface area contributed by atoms with Crippen molar-refractivity contribution in [2.24, 2.45) is 5.16 Å². The van der Waals surface area contributed by atoms with Crippen molar-refractivity contribution in [1.29, 1.82) is 0 Å². The quantitative estimate of drug-likeness (QED) is 0.491. The normalized spacial score (nSPS) is 11.0. The standard InChI is InChI=1S/C11H7Cl3N4O2/c1-6(19)20-16-5-8-4-15-18(17-8)11-9(13)2-7(12)3-10(11)14/h2-5H,1H3/b16-5+. The number of carbonyl (C=O) groups is 1. The lowest BCUT2D eigenvalue weighted by Crippen LogP contribution is -2.01.